The lowest BCUT2D eigenvalue weighted by atomic mass is 10.1. The largest absolute Gasteiger partial charge is 0.486 e. The first-order chi connectivity index (χ1) is 13.6. The van der Waals surface area contributed by atoms with Crippen molar-refractivity contribution in [3.63, 3.8) is 0 Å². The molecule has 0 saturated carbocycles. The first-order valence-electron chi connectivity index (χ1n) is 8.95. The van der Waals surface area contributed by atoms with Crippen LogP contribution < -0.4 is 20.1 Å². The van der Waals surface area contributed by atoms with Crippen molar-refractivity contribution in [2.24, 2.45) is 0 Å². The molecular formula is C21H20N4O3. The van der Waals surface area contributed by atoms with Crippen LogP contribution in [-0.2, 0) is 0 Å². The highest BCUT2D eigenvalue weighted by Gasteiger charge is 2.14. The second-order valence-corrected chi connectivity index (χ2v) is 6.60. The third-order valence-electron chi connectivity index (χ3n) is 4.19. The van der Waals surface area contributed by atoms with E-state index in [1.807, 2.05) is 26.0 Å². The molecule has 0 bridgehead atoms. The normalized spacial score (nSPS) is 12.4. The van der Waals surface area contributed by atoms with Crippen LogP contribution in [0.2, 0.25) is 0 Å². The van der Waals surface area contributed by atoms with Crippen molar-refractivity contribution < 1.29 is 14.3 Å². The number of carbonyl (C=O) groups excluding carboxylic acids is 1. The van der Waals surface area contributed by atoms with Gasteiger partial charge >= 0.3 is 0 Å². The zero-order chi connectivity index (χ0) is 19.5. The molecule has 0 aliphatic carbocycles. The van der Waals surface area contributed by atoms with Crippen LogP contribution in [0.5, 0.6) is 11.5 Å². The molecule has 2 aromatic carbocycles. The summed E-state index contributed by atoms with van der Waals surface area (Å²) in [5.41, 5.74) is 4.07. The SMILES string of the molecule is Cc1cc(C)cc(Nc2cc(C(=O)Nc3ccc4c(c3)OCCO4)ncn2)c1. The smallest absolute Gasteiger partial charge is 0.274 e. The molecular weight excluding hydrogens is 356 g/mol. The van der Waals surface area contributed by atoms with Gasteiger partial charge in [-0.1, -0.05) is 6.07 Å². The number of aryl methyl sites for hydroxylation is 2. The van der Waals surface area contributed by atoms with E-state index < -0.39 is 0 Å². The van der Waals surface area contributed by atoms with Gasteiger partial charge in [-0.3, -0.25) is 4.79 Å². The minimum absolute atomic E-state index is 0.261. The zero-order valence-electron chi connectivity index (χ0n) is 15.7. The summed E-state index contributed by atoms with van der Waals surface area (Å²) in [7, 11) is 0. The highest BCUT2D eigenvalue weighted by molar-refractivity contribution is 6.03. The summed E-state index contributed by atoms with van der Waals surface area (Å²) in [6, 6.07) is 13.0. The second kappa shape index (κ2) is 7.56. The van der Waals surface area contributed by atoms with Gasteiger partial charge in [0.15, 0.2) is 11.5 Å². The lowest BCUT2D eigenvalue weighted by Gasteiger charge is -2.19. The van der Waals surface area contributed by atoms with Crippen LogP contribution in [0.15, 0.2) is 48.8 Å². The molecule has 0 unspecified atom stereocenters. The van der Waals surface area contributed by atoms with Gasteiger partial charge in [0.2, 0.25) is 0 Å². The van der Waals surface area contributed by atoms with Crippen molar-refractivity contribution in [3.8, 4) is 11.5 Å². The van der Waals surface area contributed by atoms with Crippen LogP contribution in [0.4, 0.5) is 17.2 Å². The van der Waals surface area contributed by atoms with Crippen molar-refractivity contribution >= 4 is 23.1 Å². The number of amides is 1. The fourth-order valence-corrected chi connectivity index (χ4v) is 3.06. The Hall–Kier alpha value is -3.61. The van der Waals surface area contributed by atoms with Gasteiger partial charge < -0.3 is 20.1 Å². The molecule has 3 aromatic rings. The van der Waals surface area contributed by atoms with Crippen LogP contribution in [0.25, 0.3) is 0 Å². The number of anilines is 3. The number of benzene rings is 2. The molecule has 4 rings (SSSR count). The van der Waals surface area contributed by atoms with Crippen LogP contribution in [-0.4, -0.2) is 29.1 Å². The van der Waals surface area contributed by atoms with Gasteiger partial charge in [-0.05, 0) is 49.2 Å². The Kier molecular flexibility index (Phi) is 4.80. The van der Waals surface area contributed by atoms with Crippen molar-refractivity contribution in [2.45, 2.75) is 13.8 Å². The summed E-state index contributed by atoms with van der Waals surface area (Å²) in [4.78, 5) is 20.9. The Morgan fingerprint density at radius 1 is 0.893 bits per heavy atom. The van der Waals surface area contributed by atoms with Gasteiger partial charge in [0.25, 0.3) is 5.91 Å². The molecule has 2 heterocycles. The number of nitrogens with zero attached hydrogens (tertiary/aromatic N) is 2. The number of fused-ring (bicyclic) bond motifs is 1. The van der Waals surface area contributed by atoms with Gasteiger partial charge in [-0.25, -0.2) is 9.97 Å². The molecule has 1 aliphatic rings. The number of hydrogen-bond donors (Lipinski definition) is 2. The predicted molar refractivity (Wildman–Crippen MR) is 107 cm³/mol. The summed E-state index contributed by atoms with van der Waals surface area (Å²) in [6.07, 6.45) is 1.36. The standard InChI is InChI=1S/C21H20N4O3/c1-13-7-14(2)9-16(8-13)24-20-11-17(22-12-23-20)21(26)25-15-3-4-18-19(10-15)28-6-5-27-18/h3-4,7-12H,5-6H2,1-2H3,(H,25,26)(H,22,23,24). The molecule has 0 saturated heterocycles. The number of rotatable bonds is 4. The number of aromatic nitrogens is 2. The molecule has 0 fully saturated rings. The average Bonchev–Trinajstić information content (AvgIpc) is 2.67. The topological polar surface area (TPSA) is 85.4 Å². The monoisotopic (exact) mass is 376 g/mol. The fraction of sp³-hybridized carbons (Fsp3) is 0.190. The highest BCUT2D eigenvalue weighted by atomic mass is 16.6. The number of hydrogen-bond acceptors (Lipinski definition) is 6. The maximum atomic E-state index is 12.6. The molecule has 7 heteroatoms. The fourth-order valence-electron chi connectivity index (χ4n) is 3.06. The molecule has 0 spiro atoms. The Labute approximate surface area is 162 Å². The molecule has 1 aromatic heterocycles. The summed E-state index contributed by atoms with van der Waals surface area (Å²) in [5.74, 6) is 1.50. The van der Waals surface area contributed by atoms with Crippen molar-refractivity contribution in [3.05, 3.63) is 65.6 Å². The Balaban J connectivity index is 1.50. The maximum absolute atomic E-state index is 12.6. The first kappa shape index (κ1) is 17.8. The van der Waals surface area contributed by atoms with Crippen molar-refractivity contribution in [2.75, 3.05) is 23.8 Å². The minimum Gasteiger partial charge on any atom is -0.486 e. The van der Waals surface area contributed by atoms with Gasteiger partial charge in [-0.2, -0.15) is 0 Å². The van der Waals surface area contributed by atoms with Gasteiger partial charge in [0, 0.05) is 23.5 Å². The van der Waals surface area contributed by atoms with E-state index in [2.05, 4.69) is 26.7 Å². The van der Waals surface area contributed by atoms with E-state index in [-0.39, 0.29) is 11.6 Å². The van der Waals surface area contributed by atoms with E-state index in [9.17, 15) is 4.79 Å². The first-order valence-corrected chi connectivity index (χ1v) is 8.95. The molecule has 142 valence electrons. The van der Waals surface area contributed by atoms with E-state index in [0.29, 0.717) is 36.2 Å². The van der Waals surface area contributed by atoms with E-state index in [1.165, 1.54) is 6.33 Å². The minimum atomic E-state index is -0.331. The number of carbonyl (C=O) groups is 1. The maximum Gasteiger partial charge on any atom is 0.274 e. The van der Waals surface area contributed by atoms with E-state index in [1.54, 1.807) is 24.3 Å². The molecule has 2 N–H and O–H groups in total. The number of nitrogens with one attached hydrogen (secondary N) is 2. The van der Waals surface area contributed by atoms with Gasteiger partial charge in [0.1, 0.15) is 31.1 Å². The summed E-state index contributed by atoms with van der Waals surface area (Å²) < 4.78 is 11.0. The van der Waals surface area contributed by atoms with Gasteiger partial charge in [0.05, 0.1) is 0 Å². The van der Waals surface area contributed by atoms with E-state index in [0.717, 1.165) is 16.8 Å². The Morgan fingerprint density at radius 3 is 2.43 bits per heavy atom. The average molecular weight is 376 g/mol. The van der Waals surface area contributed by atoms with Crippen molar-refractivity contribution in [1.82, 2.24) is 9.97 Å². The van der Waals surface area contributed by atoms with Crippen LogP contribution in [0.3, 0.4) is 0 Å². The van der Waals surface area contributed by atoms with E-state index in [4.69, 9.17) is 9.47 Å². The molecule has 1 amide bonds. The lowest BCUT2D eigenvalue weighted by Crippen LogP contribution is -2.17. The van der Waals surface area contributed by atoms with Crippen LogP contribution in [0.1, 0.15) is 21.6 Å². The molecule has 7 nitrogen and oxygen atoms in total. The summed E-state index contributed by atoms with van der Waals surface area (Å²) in [6.45, 7) is 5.08. The third-order valence-corrected chi connectivity index (χ3v) is 4.19. The Bertz CT molecular complexity index is 1020. The number of ether oxygens (including phenoxy) is 2. The Morgan fingerprint density at radius 2 is 1.64 bits per heavy atom. The van der Waals surface area contributed by atoms with Crippen molar-refractivity contribution in [1.29, 1.82) is 0 Å². The predicted octanol–water partition coefficient (Wildman–Crippen LogP) is 3.86. The van der Waals surface area contributed by atoms with Crippen LogP contribution >= 0.6 is 0 Å². The second-order valence-electron chi connectivity index (χ2n) is 6.60. The molecule has 28 heavy (non-hydrogen) atoms. The highest BCUT2D eigenvalue weighted by Crippen LogP contribution is 2.32. The molecule has 1 aliphatic heterocycles. The third kappa shape index (κ3) is 4.03. The van der Waals surface area contributed by atoms with Crippen LogP contribution in [0, 0.1) is 13.8 Å². The van der Waals surface area contributed by atoms with E-state index >= 15 is 0 Å². The summed E-state index contributed by atoms with van der Waals surface area (Å²) in [5, 5.41) is 6.04. The lowest BCUT2D eigenvalue weighted by molar-refractivity contribution is 0.102. The summed E-state index contributed by atoms with van der Waals surface area (Å²) >= 11 is 0. The zero-order valence-corrected chi connectivity index (χ0v) is 15.7. The quantitative estimate of drug-likeness (QED) is 0.719. The molecule has 0 radical (unpaired) electrons. The molecule has 0 atom stereocenters. The van der Waals surface area contributed by atoms with Gasteiger partial charge in [-0.15, -0.1) is 0 Å².